The largest absolute Gasteiger partial charge is 0.353 e. The molecule has 3 atom stereocenters. The van der Waals surface area contributed by atoms with Crippen LogP contribution in [0.2, 0.25) is 0 Å². The van der Waals surface area contributed by atoms with Crippen LogP contribution in [0.25, 0.3) is 0 Å². The first-order valence-electron chi connectivity index (χ1n) is 5.48. The molecule has 0 spiro atoms. The van der Waals surface area contributed by atoms with Crippen LogP contribution in [0, 0.1) is 11.3 Å². The van der Waals surface area contributed by atoms with Gasteiger partial charge in [0, 0.05) is 0 Å². The third kappa shape index (κ3) is 1.27. The highest BCUT2D eigenvalue weighted by Crippen LogP contribution is 2.57. The molecule has 2 N–H and O–H groups in total. The lowest BCUT2D eigenvalue weighted by Crippen LogP contribution is -2.60. The molecule has 0 heterocycles. The lowest BCUT2D eigenvalue weighted by Gasteiger charge is -2.43. The summed E-state index contributed by atoms with van der Waals surface area (Å²) in [6.45, 7) is 4.35. The van der Waals surface area contributed by atoms with Crippen LogP contribution in [0.15, 0.2) is 0 Å². The van der Waals surface area contributed by atoms with Gasteiger partial charge in [0.2, 0.25) is 12.8 Å². The SMILES string of the molecule is CC1(C)[C@@H]2CC[C@@](NC=O)(C2)[C@@H]1NC=O. The fourth-order valence-corrected chi connectivity index (χ4v) is 3.69. The van der Waals surface area contributed by atoms with Gasteiger partial charge in [0.15, 0.2) is 0 Å². The van der Waals surface area contributed by atoms with Crippen molar-refractivity contribution in [2.45, 2.75) is 44.7 Å². The number of rotatable bonds is 4. The van der Waals surface area contributed by atoms with Crippen molar-refractivity contribution in [3.05, 3.63) is 0 Å². The highest BCUT2D eigenvalue weighted by atomic mass is 16.1. The van der Waals surface area contributed by atoms with Crippen LogP contribution >= 0.6 is 0 Å². The van der Waals surface area contributed by atoms with Crippen LogP contribution < -0.4 is 10.6 Å². The third-order valence-electron chi connectivity index (χ3n) is 4.48. The van der Waals surface area contributed by atoms with E-state index in [1.807, 2.05) is 0 Å². The highest BCUT2D eigenvalue weighted by molar-refractivity contribution is 5.53. The van der Waals surface area contributed by atoms with Crippen molar-refractivity contribution in [1.82, 2.24) is 10.6 Å². The van der Waals surface area contributed by atoms with E-state index in [-0.39, 0.29) is 17.0 Å². The number of carbonyl (C=O) groups excluding carboxylic acids is 2. The van der Waals surface area contributed by atoms with Crippen molar-refractivity contribution < 1.29 is 9.59 Å². The van der Waals surface area contributed by atoms with Gasteiger partial charge >= 0.3 is 0 Å². The van der Waals surface area contributed by atoms with Gasteiger partial charge in [-0.3, -0.25) is 9.59 Å². The van der Waals surface area contributed by atoms with E-state index >= 15 is 0 Å². The molecule has 15 heavy (non-hydrogen) atoms. The molecule has 0 unspecified atom stereocenters. The van der Waals surface area contributed by atoms with Gasteiger partial charge in [0.25, 0.3) is 0 Å². The Hall–Kier alpha value is -1.06. The monoisotopic (exact) mass is 210 g/mol. The van der Waals surface area contributed by atoms with Crippen molar-refractivity contribution in [2.75, 3.05) is 0 Å². The molecular weight excluding hydrogens is 192 g/mol. The molecule has 2 saturated carbocycles. The molecule has 4 heteroatoms. The average molecular weight is 210 g/mol. The predicted octanol–water partition coefficient (Wildman–Crippen LogP) is 0.426. The van der Waals surface area contributed by atoms with Gasteiger partial charge in [0.1, 0.15) is 0 Å². The van der Waals surface area contributed by atoms with E-state index in [2.05, 4.69) is 24.5 Å². The number of nitrogens with one attached hydrogen (secondary N) is 2. The number of amides is 2. The Kier molecular flexibility index (Phi) is 2.24. The fraction of sp³-hybridized carbons (Fsp3) is 0.818. The Morgan fingerprint density at radius 3 is 2.60 bits per heavy atom. The smallest absolute Gasteiger partial charge is 0.207 e. The number of hydrogen-bond acceptors (Lipinski definition) is 2. The summed E-state index contributed by atoms with van der Waals surface area (Å²) in [6, 6.07) is 0.0615. The third-order valence-corrected chi connectivity index (χ3v) is 4.48. The van der Waals surface area contributed by atoms with Crippen LogP contribution in [-0.2, 0) is 9.59 Å². The lowest BCUT2D eigenvalue weighted by molar-refractivity contribution is -0.114. The molecule has 0 radical (unpaired) electrons. The van der Waals surface area contributed by atoms with Gasteiger partial charge in [-0.2, -0.15) is 0 Å². The molecule has 0 aromatic rings. The van der Waals surface area contributed by atoms with Gasteiger partial charge < -0.3 is 10.6 Å². The predicted molar refractivity (Wildman–Crippen MR) is 56.0 cm³/mol. The molecule has 0 aromatic carbocycles. The molecule has 84 valence electrons. The molecule has 0 aliphatic heterocycles. The Morgan fingerprint density at radius 2 is 2.00 bits per heavy atom. The molecule has 2 amide bonds. The fourth-order valence-electron chi connectivity index (χ4n) is 3.69. The van der Waals surface area contributed by atoms with E-state index in [9.17, 15) is 9.59 Å². The molecule has 4 nitrogen and oxygen atoms in total. The number of fused-ring (bicyclic) bond motifs is 2. The van der Waals surface area contributed by atoms with E-state index in [1.165, 1.54) is 0 Å². The highest BCUT2D eigenvalue weighted by Gasteiger charge is 2.61. The summed E-state index contributed by atoms with van der Waals surface area (Å²) in [6.07, 6.45) is 4.63. The summed E-state index contributed by atoms with van der Waals surface area (Å²) >= 11 is 0. The van der Waals surface area contributed by atoms with Crippen molar-refractivity contribution in [1.29, 1.82) is 0 Å². The molecular formula is C11H18N2O2. The Labute approximate surface area is 89.8 Å². The van der Waals surface area contributed by atoms with Gasteiger partial charge in [-0.1, -0.05) is 13.8 Å². The van der Waals surface area contributed by atoms with Gasteiger partial charge in [0.05, 0.1) is 11.6 Å². The topological polar surface area (TPSA) is 58.2 Å². The first kappa shape index (κ1) is 10.5. The van der Waals surface area contributed by atoms with E-state index in [4.69, 9.17) is 0 Å². The molecule has 2 rings (SSSR count). The maximum atomic E-state index is 10.7. The van der Waals surface area contributed by atoms with Crippen molar-refractivity contribution in [2.24, 2.45) is 11.3 Å². The number of carbonyl (C=O) groups is 2. The van der Waals surface area contributed by atoms with Crippen LogP contribution in [0.1, 0.15) is 33.1 Å². The Morgan fingerprint density at radius 1 is 1.27 bits per heavy atom. The van der Waals surface area contributed by atoms with Crippen LogP contribution in [0.4, 0.5) is 0 Å². The Balaban J connectivity index is 2.30. The second-order valence-corrected chi connectivity index (χ2v) is 5.40. The zero-order valence-corrected chi connectivity index (χ0v) is 9.25. The van der Waals surface area contributed by atoms with Crippen molar-refractivity contribution >= 4 is 12.8 Å². The Bertz CT molecular complexity index is 290. The lowest BCUT2D eigenvalue weighted by atomic mass is 9.71. The van der Waals surface area contributed by atoms with Gasteiger partial charge in [-0.15, -0.1) is 0 Å². The standard InChI is InChI=1S/C11H18N2O2/c1-10(2)8-3-4-11(5-8,13-7-15)9(10)12-6-14/h6-9H,3-5H2,1-2H3,(H,12,14)(H,13,15)/t8-,9-,11-/m1/s1. The maximum absolute atomic E-state index is 10.7. The normalized spacial score (nSPS) is 41.2. The minimum Gasteiger partial charge on any atom is -0.353 e. The average Bonchev–Trinajstić information content (AvgIpc) is 2.66. The molecule has 0 aromatic heterocycles. The molecule has 2 aliphatic rings. The molecule has 2 aliphatic carbocycles. The first-order chi connectivity index (χ1) is 7.07. The summed E-state index contributed by atoms with van der Waals surface area (Å²) in [5, 5.41) is 5.83. The zero-order valence-electron chi connectivity index (χ0n) is 9.25. The summed E-state index contributed by atoms with van der Waals surface area (Å²) < 4.78 is 0. The van der Waals surface area contributed by atoms with E-state index in [1.54, 1.807) is 0 Å². The van der Waals surface area contributed by atoms with Crippen LogP contribution in [0.5, 0.6) is 0 Å². The van der Waals surface area contributed by atoms with Gasteiger partial charge in [-0.25, -0.2) is 0 Å². The molecule has 0 saturated heterocycles. The summed E-state index contributed by atoms with van der Waals surface area (Å²) in [7, 11) is 0. The quantitative estimate of drug-likeness (QED) is 0.661. The maximum Gasteiger partial charge on any atom is 0.207 e. The van der Waals surface area contributed by atoms with E-state index in [0.29, 0.717) is 5.92 Å². The number of hydrogen-bond donors (Lipinski definition) is 2. The van der Waals surface area contributed by atoms with Crippen LogP contribution in [-0.4, -0.2) is 24.4 Å². The summed E-state index contributed by atoms with van der Waals surface area (Å²) in [5.41, 5.74) is -0.119. The minimum atomic E-state index is -0.198. The van der Waals surface area contributed by atoms with Gasteiger partial charge in [-0.05, 0) is 30.6 Å². The van der Waals surface area contributed by atoms with E-state index < -0.39 is 0 Å². The molecule has 2 bridgehead atoms. The van der Waals surface area contributed by atoms with Crippen LogP contribution in [0.3, 0.4) is 0 Å². The van der Waals surface area contributed by atoms with E-state index in [0.717, 1.165) is 32.1 Å². The second kappa shape index (κ2) is 3.22. The summed E-state index contributed by atoms with van der Waals surface area (Å²) in [5.74, 6) is 0.599. The van der Waals surface area contributed by atoms with Crippen molar-refractivity contribution in [3.8, 4) is 0 Å². The molecule has 2 fully saturated rings. The van der Waals surface area contributed by atoms with Crippen molar-refractivity contribution in [3.63, 3.8) is 0 Å². The zero-order chi connectivity index (χ0) is 11.1. The summed E-state index contributed by atoms with van der Waals surface area (Å²) in [4.78, 5) is 21.3. The second-order valence-electron chi connectivity index (χ2n) is 5.40. The first-order valence-corrected chi connectivity index (χ1v) is 5.48. The minimum absolute atomic E-state index is 0.0615.